The Morgan fingerprint density at radius 1 is 1.21 bits per heavy atom. The highest BCUT2D eigenvalue weighted by Gasteiger charge is 2.33. The molecule has 4 rings (SSSR count). The first-order valence-corrected chi connectivity index (χ1v) is 11.2. The van der Waals surface area contributed by atoms with Gasteiger partial charge in [-0.2, -0.15) is 0 Å². The number of carbonyl (C=O) groups is 1. The zero-order valence-electron chi connectivity index (χ0n) is 16.6. The van der Waals surface area contributed by atoms with Gasteiger partial charge in [-0.1, -0.05) is 43.9 Å². The van der Waals surface area contributed by atoms with Crippen LogP contribution in [-0.2, 0) is 4.79 Å². The summed E-state index contributed by atoms with van der Waals surface area (Å²) in [6.45, 7) is 6.41. The molecular weight excluding hydrogens is 404 g/mol. The number of aromatic nitrogens is 2. The van der Waals surface area contributed by atoms with E-state index in [1.165, 1.54) is 22.6 Å². The highest BCUT2D eigenvalue weighted by atomic mass is 32.2. The van der Waals surface area contributed by atoms with Crippen molar-refractivity contribution in [3.05, 3.63) is 45.2 Å². The van der Waals surface area contributed by atoms with E-state index in [0.717, 1.165) is 25.9 Å². The molecule has 8 heteroatoms. The van der Waals surface area contributed by atoms with Crippen molar-refractivity contribution in [2.45, 2.75) is 33.1 Å². The second-order valence-corrected chi connectivity index (χ2v) is 9.49. The van der Waals surface area contributed by atoms with E-state index in [9.17, 15) is 9.59 Å². The minimum atomic E-state index is -0.162. The molecule has 2 aromatic rings. The van der Waals surface area contributed by atoms with Crippen molar-refractivity contribution >= 4 is 51.7 Å². The molecule has 0 aliphatic carbocycles. The van der Waals surface area contributed by atoms with Crippen LogP contribution in [0.5, 0.6) is 0 Å². The van der Waals surface area contributed by atoms with Gasteiger partial charge in [0.05, 0.1) is 10.5 Å². The average Bonchev–Trinajstić information content (AvgIpc) is 2.97. The highest BCUT2D eigenvalue weighted by molar-refractivity contribution is 8.26. The molecule has 1 amide bonds. The summed E-state index contributed by atoms with van der Waals surface area (Å²) in [5, 5.41) is 0. The number of pyridine rings is 1. The first kappa shape index (κ1) is 20.1. The van der Waals surface area contributed by atoms with Gasteiger partial charge in [-0.3, -0.25) is 18.9 Å². The third-order valence-corrected chi connectivity index (χ3v) is 6.48. The smallest absolute Gasteiger partial charge is 0.267 e. The predicted octanol–water partition coefficient (Wildman–Crippen LogP) is 3.54. The SMILES string of the molecule is CC(C)CN1C(=O)/C(=C\c2c(N3CCCCC3)nc3ccccn3c2=O)SC1=S. The van der Waals surface area contributed by atoms with Gasteiger partial charge in [0.25, 0.3) is 11.5 Å². The van der Waals surface area contributed by atoms with Crippen molar-refractivity contribution in [1.82, 2.24) is 14.3 Å². The number of nitrogens with zero attached hydrogens (tertiary/aromatic N) is 4. The minimum absolute atomic E-state index is 0.129. The molecular formula is C21H24N4O2S2. The van der Waals surface area contributed by atoms with Gasteiger partial charge in [0, 0.05) is 25.8 Å². The van der Waals surface area contributed by atoms with E-state index >= 15 is 0 Å². The summed E-state index contributed by atoms with van der Waals surface area (Å²) < 4.78 is 2.08. The average molecular weight is 429 g/mol. The Morgan fingerprint density at radius 2 is 1.97 bits per heavy atom. The Morgan fingerprint density at radius 3 is 2.69 bits per heavy atom. The summed E-state index contributed by atoms with van der Waals surface area (Å²) in [4.78, 5) is 35.3. The Labute approximate surface area is 179 Å². The van der Waals surface area contributed by atoms with Gasteiger partial charge in [0.1, 0.15) is 15.8 Å². The van der Waals surface area contributed by atoms with Crippen molar-refractivity contribution in [3.8, 4) is 0 Å². The maximum atomic E-state index is 13.3. The van der Waals surface area contributed by atoms with Gasteiger partial charge >= 0.3 is 0 Å². The molecule has 29 heavy (non-hydrogen) atoms. The third kappa shape index (κ3) is 3.96. The molecule has 0 aromatic carbocycles. The second-order valence-electron chi connectivity index (χ2n) is 7.82. The molecule has 0 bridgehead atoms. The van der Waals surface area contributed by atoms with Crippen LogP contribution in [0.1, 0.15) is 38.7 Å². The summed E-state index contributed by atoms with van der Waals surface area (Å²) in [7, 11) is 0. The van der Waals surface area contributed by atoms with Crippen LogP contribution in [0.3, 0.4) is 0 Å². The normalized spacial score (nSPS) is 19.2. The summed E-state index contributed by atoms with van der Waals surface area (Å²) in [6, 6.07) is 5.52. The molecule has 0 radical (unpaired) electrons. The number of hydrogen-bond acceptors (Lipinski definition) is 6. The number of carbonyl (C=O) groups excluding carboxylic acids is 1. The summed E-state index contributed by atoms with van der Waals surface area (Å²) >= 11 is 6.68. The number of piperidine rings is 1. The molecule has 2 fully saturated rings. The van der Waals surface area contributed by atoms with Crippen molar-refractivity contribution in [2.75, 3.05) is 24.5 Å². The van der Waals surface area contributed by atoms with Crippen LogP contribution < -0.4 is 10.5 Å². The fourth-order valence-corrected chi connectivity index (χ4v) is 4.97. The Hall–Kier alpha value is -2.19. The molecule has 6 nitrogen and oxygen atoms in total. The lowest BCUT2D eigenvalue weighted by molar-refractivity contribution is -0.122. The highest BCUT2D eigenvalue weighted by Crippen LogP contribution is 2.34. The minimum Gasteiger partial charge on any atom is -0.356 e. The molecule has 4 heterocycles. The number of anilines is 1. The molecule has 2 aliphatic rings. The standard InChI is InChI=1S/C21H24N4O2S2/c1-14(2)13-25-20(27)16(29-21(25)28)12-15-18(23-9-5-3-6-10-23)22-17-8-4-7-11-24(17)19(15)26/h4,7-8,11-12,14H,3,5-6,9-10,13H2,1-2H3/b16-12+. The molecule has 152 valence electrons. The lowest BCUT2D eigenvalue weighted by Crippen LogP contribution is -2.34. The fourth-order valence-electron chi connectivity index (χ4n) is 3.72. The largest absolute Gasteiger partial charge is 0.356 e. The monoisotopic (exact) mass is 428 g/mol. The lowest BCUT2D eigenvalue weighted by atomic mass is 10.1. The third-order valence-electron chi connectivity index (χ3n) is 5.10. The zero-order chi connectivity index (χ0) is 20.5. The Kier molecular flexibility index (Phi) is 5.74. The van der Waals surface area contributed by atoms with Crippen molar-refractivity contribution in [3.63, 3.8) is 0 Å². The topological polar surface area (TPSA) is 57.9 Å². The summed E-state index contributed by atoms with van der Waals surface area (Å²) in [5.41, 5.74) is 0.911. The molecule has 2 aliphatic heterocycles. The van der Waals surface area contributed by atoms with Gasteiger partial charge < -0.3 is 4.90 Å². The van der Waals surface area contributed by atoms with Crippen LogP contribution >= 0.6 is 24.0 Å². The molecule has 0 saturated carbocycles. The Balaban J connectivity index is 1.83. The molecule has 0 N–H and O–H groups in total. The summed E-state index contributed by atoms with van der Waals surface area (Å²) in [5.74, 6) is 0.847. The fraction of sp³-hybridized carbons (Fsp3) is 0.429. The van der Waals surface area contributed by atoms with E-state index in [-0.39, 0.29) is 11.5 Å². The zero-order valence-corrected chi connectivity index (χ0v) is 18.3. The van der Waals surface area contributed by atoms with E-state index in [1.54, 1.807) is 17.2 Å². The van der Waals surface area contributed by atoms with Gasteiger partial charge in [0.15, 0.2) is 0 Å². The number of amides is 1. The number of thioether (sulfide) groups is 1. The van der Waals surface area contributed by atoms with Gasteiger partial charge in [-0.25, -0.2) is 4.98 Å². The van der Waals surface area contributed by atoms with E-state index in [2.05, 4.69) is 18.7 Å². The number of fused-ring (bicyclic) bond motifs is 1. The molecule has 2 aromatic heterocycles. The van der Waals surface area contributed by atoms with Gasteiger partial charge in [-0.05, 0) is 43.4 Å². The van der Waals surface area contributed by atoms with Crippen molar-refractivity contribution in [2.24, 2.45) is 5.92 Å². The molecule has 0 spiro atoms. The van der Waals surface area contributed by atoms with E-state index in [1.807, 2.05) is 18.2 Å². The quantitative estimate of drug-likeness (QED) is 0.548. The van der Waals surface area contributed by atoms with Crippen LogP contribution in [-0.4, -0.2) is 44.1 Å². The molecule has 0 atom stereocenters. The van der Waals surface area contributed by atoms with Gasteiger partial charge in [0.2, 0.25) is 0 Å². The first-order valence-electron chi connectivity index (χ1n) is 9.97. The Bertz CT molecular complexity index is 1050. The maximum Gasteiger partial charge on any atom is 0.267 e. The van der Waals surface area contributed by atoms with Crippen molar-refractivity contribution < 1.29 is 4.79 Å². The van der Waals surface area contributed by atoms with Gasteiger partial charge in [-0.15, -0.1) is 0 Å². The first-order chi connectivity index (χ1) is 14.0. The molecule has 2 saturated heterocycles. The predicted molar refractivity (Wildman–Crippen MR) is 122 cm³/mol. The van der Waals surface area contributed by atoms with Crippen molar-refractivity contribution in [1.29, 1.82) is 0 Å². The van der Waals surface area contributed by atoms with Crippen LogP contribution in [0, 0.1) is 5.92 Å². The van der Waals surface area contributed by atoms with Crippen LogP contribution in [0.25, 0.3) is 11.7 Å². The van der Waals surface area contributed by atoms with Crippen LogP contribution in [0.15, 0.2) is 34.1 Å². The maximum absolute atomic E-state index is 13.3. The van der Waals surface area contributed by atoms with E-state index in [4.69, 9.17) is 17.2 Å². The lowest BCUT2D eigenvalue weighted by Gasteiger charge is -2.29. The summed E-state index contributed by atoms with van der Waals surface area (Å²) in [6.07, 6.45) is 6.74. The number of thiocarbonyl (C=S) groups is 1. The van der Waals surface area contributed by atoms with Crippen LogP contribution in [0.2, 0.25) is 0 Å². The number of hydrogen-bond donors (Lipinski definition) is 0. The van der Waals surface area contributed by atoms with E-state index < -0.39 is 0 Å². The second kappa shape index (κ2) is 8.28. The van der Waals surface area contributed by atoms with Crippen LogP contribution in [0.4, 0.5) is 5.82 Å². The molecule has 0 unspecified atom stereocenters. The number of rotatable bonds is 4. The van der Waals surface area contributed by atoms with E-state index in [0.29, 0.717) is 38.7 Å².